The molecule has 8 heteroatoms. The van der Waals surface area contributed by atoms with Crippen molar-refractivity contribution in [2.45, 2.75) is 31.7 Å². The molecule has 3 aromatic rings. The van der Waals surface area contributed by atoms with E-state index in [1.54, 1.807) is 19.4 Å². The Morgan fingerprint density at radius 2 is 1.97 bits per heavy atom. The number of aromatic nitrogens is 3. The number of carbonyl (C=O) groups excluding carboxylic acids is 1. The van der Waals surface area contributed by atoms with Crippen LogP contribution in [0.4, 0.5) is 5.69 Å². The highest BCUT2D eigenvalue weighted by Gasteiger charge is 2.23. The van der Waals surface area contributed by atoms with Crippen LogP contribution in [0.15, 0.2) is 36.8 Å². The fourth-order valence-corrected chi connectivity index (χ4v) is 3.97. The second-order valence-electron chi connectivity index (χ2n) is 7.65. The summed E-state index contributed by atoms with van der Waals surface area (Å²) in [5, 5.41) is 17.9. The van der Waals surface area contributed by atoms with Gasteiger partial charge in [0.25, 0.3) is 5.91 Å². The molecule has 8 nitrogen and oxygen atoms in total. The first-order chi connectivity index (χ1) is 14.6. The Bertz CT molecular complexity index is 1040. The second kappa shape index (κ2) is 8.71. The zero-order chi connectivity index (χ0) is 21.1. The molecule has 0 radical (unpaired) electrons. The van der Waals surface area contributed by atoms with E-state index in [0.29, 0.717) is 34.7 Å². The highest BCUT2D eigenvalue weighted by molar-refractivity contribution is 6.06. The summed E-state index contributed by atoms with van der Waals surface area (Å²) in [6, 6.07) is 5.67. The quantitative estimate of drug-likeness (QED) is 0.646. The third-order valence-electron chi connectivity index (χ3n) is 5.75. The fourth-order valence-electron chi connectivity index (χ4n) is 3.97. The zero-order valence-electron chi connectivity index (χ0n) is 17.2. The average Bonchev–Trinajstić information content (AvgIpc) is 3.21. The summed E-state index contributed by atoms with van der Waals surface area (Å²) in [5.74, 6) is 1.16. The van der Waals surface area contributed by atoms with Crippen LogP contribution in [0.25, 0.3) is 10.9 Å². The van der Waals surface area contributed by atoms with Gasteiger partial charge in [0.05, 0.1) is 43.2 Å². The lowest BCUT2D eigenvalue weighted by atomic mass is 9.87. The molecule has 2 heterocycles. The summed E-state index contributed by atoms with van der Waals surface area (Å²) in [7, 11) is 3.10. The number of fused-ring (bicyclic) bond motifs is 1. The van der Waals surface area contributed by atoms with Gasteiger partial charge in [-0.25, -0.2) is 0 Å². The Morgan fingerprint density at radius 1 is 1.17 bits per heavy atom. The van der Waals surface area contributed by atoms with Crippen LogP contribution in [0.1, 0.15) is 42.1 Å². The van der Waals surface area contributed by atoms with Gasteiger partial charge in [-0.05, 0) is 43.7 Å². The highest BCUT2D eigenvalue weighted by Crippen LogP contribution is 2.35. The van der Waals surface area contributed by atoms with Gasteiger partial charge in [0.15, 0.2) is 0 Å². The van der Waals surface area contributed by atoms with Crippen molar-refractivity contribution in [1.82, 2.24) is 14.8 Å². The number of rotatable bonds is 6. The number of aliphatic hydroxyl groups excluding tert-OH is 1. The maximum Gasteiger partial charge on any atom is 0.257 e. The molecule has 1 saturated carbocycles. The van der Waals surface area contributed by atoms with Crippen molar-refractivity contribution in [3.63, 3.8) is 0 Å². The minimum Gasteiger partial charge on any atom is -0.495 e. The van der Waals surface area contributed by atoms with Gasteiger partial charge >= 0.3 is 0 Å². The predicted octanol–water partition coefficient (Wildman–Crippen LogP) is 3.42. The molecule has 0 aliphatic heterocycles. The van der Waals surface area contributed by atoms with Crippen LogP contribution in [-0.2, 0) is 0 Å². The number of hydrogen-bond acceptors (Lipinski definition) is 6. The summed E-state index contributed by atoms with van der Waals surface area (Å²) in [5.41, 5.74) is 1.78. The number of nitrogens with zero attached hydrogens (tertiary/aromatic N) is 3. The van der Waals surface area contributed by atoms with Crippen molar-refractivity contribution in [2.24, 2.45) is 5.92 Å². The molecule has 0 bridgehead atoms. The molecule has 0 atom stereocenters. The molecule has 158 valence electrons. The van der Waals surface area contributed by atoms with E-state index in [4.69, 9.17) is 14.6 Å². The summed E-state index contributed by atoms with van der Waals surface area (Å²) in [6.45, 7) is 0.261. The SMILES string of the molecule is COc1cncc(C(=O)Nc2cc3cn(C4CCC(CO)CC4)nc3cc2OC)c1. The molecule has 0 saturated heterocycles. The summed E-state index contributed by atoms with van der Waals surface area (Å²) < 4.78 is 12.6. The molecular weight excluding hydrogens is 384 g/mol. The Hall–Kier alpha value is -3.13. The molecule has 30 heavy (non-hydrogen) atoms. The van der Waals surface area contributed by atoms with Crippen molar-refractivity contribution >= 4 is 22.5 Å². The normalized spacial score (nSPS) is 18.9. The molecule has 1 fully saturated rings. The number of hydrogen-bond donors (Lipinski definition) is 2. The number of benzene rings is 1. The van der Waals surface area contributed by atoms with Crippen LogP contribution in [0.3, 0.4) is 0 Å². The van der Waals surface area contributed by atoms with Gasteiger partial charge in [-0.3, -0.25) is 14.5 Å². The number of ether oxygens (including phenoxy) is 2. The van der Waals surface area contributed by atoms with E-state index in [0.717, 1.165) is 36.6 Å². The first-order valence-corrected chi connectivity index (χ1v) is 10.1. The summed E-state index contributed by atoms with van der Waals surface area (Å²) >= 11 is 0. The van der Waals surface area contributed by atoms with Crippen molar-refractivity contribution in [1.29, 1.82) is 0 Å². The topological polar surface area (TPSA) is 98.5 Å². The number of pyridine rings is 1. The number of methoxy groups -OCH3 is 2. The van der Waals surface area contributed by atoms with Crippen LogP contribution in [0.5, 0.6) is 11.5 Å². The second-order valence-corrected chi connectivity index (χ2v) is 7.65. The van der Waals surface area contributed by atoms with Crippen LogP contribution in [0.2, 0.25) is 0 Å². The number of carbonyl (C=O) groups is 1. The number of nitrogens with one attached hydrogen (secondary N) is 1. The lowest BCUT2D eigenvalue weighted by Crippen LogP contribution is -2.20. The first kappa shape index (κ1) is 20.2. The smallest absolute Gasteiger partial charge is 0.257 e. The van der Waals surface area contributed by atoms with E-state index in [2.05, 4.69) is 10.3 Å². The Kier molecular flexibility index (Phi) is 5.85. The number of anilines is 1. The van der Waals surface area contributed by atoms with E-state index in [1.165, 1.54) is 13.3 Å². The largest absolute Gasteiger partial charge is 0.495 e. The molecule has 2 N–H and O–H groups in total. The fraction of sp³-hybridized carbons (Fsp3) is 0.409. The van der Waals surface area contributed by atoms with Gasteiger partial charge in [0, 0.05) is 30.5 Å². The molecule has 0 spiro atoms. The maximum atomic E-state index is 12.7. The molecule has 1 aliphatic carbocycles. The Morgan fingerprint density at radius 3 is 2.67 bits per heavy atom. The third-order valence-corrected chi connectivity index (χ3v) is 5.75. The van der Waals surface area contributed by atoms with E-state index in [-0.39, 0.29) is 12.5 Å². The minimum absolute atomic E-state index is 0.261. The summed E-state index contributed by atoms with van der Waals surface area (Å²) in [6.07, 6.45) is 9.08. The lowest BCUT2D eigenvalue weighted by molar-refractivity contribution is 0.102. The zero-order valence-corrected chi connectivity index (χ0v) is 17.2. The molecule has 1 aliphatic rings. The minimum atomic E-state index is -0.297. The third kappa shape index (κ3) is 4.09. The van der Waals surface area contributed by atoms with E-state index in [1.807, 2.05) is 23.0 Å². The van der Waals surface area contributed by atoms with Crippen molar-refractivity contribution in [2.75, 3.05) is 26.1 Å². The lowest BCUT2D eigenvalue weighted by Gasteiger charge is -2.27. The van der Waals surface area contributed by atoms with Gasteiger partial charge in [0.2, 0.25) is 0 Å². The maximum absolute atomic E-state index is 12.7. The monoisotopic (exact) mass is 410 g/mol. The van der Waals surface area contributed by atoms with Crippen LogP contribution >= 0.6 is 0 Å². The van der Waals surface area contributed by atoms with E-state index < -0.39 is 0 Å². The predicted molar refractivity (Wildman–Crippen MR) is 113 cm³/mol. The number of aliphatic hydroxyl groups is 1. The first-order valence-electron chi connectivity index (χ1n) is 10.1. The molecule has 0 unspecified atom stereocenters. The van der Waals surface area contributed by atoms with Crippen molar-refractivity contribution in [3.05, 3.63) is 42.4 Å². The molecular formula is C22H26N4O4. The Balaban J connectivity index is 1.58. The molecule has 1 aromatic carbocycles. The van der Waals surface area contributed by atoms with Gasteiger partial charge in [-0.1, -0.05) is 0 Å². The molecule has 1 amide bonds. The van der Waals surface area contributed by atoms with Crippen molar-refractivity contribution in [3.8, 4) is 11.5 Å². The van der Waals surface area contributed by atoms with Gasteiger partial charge in [-0.15, -0.1) is 0 Å². The standard InChI is InChI=1S/C22H26N4O4/c1-29-18-7-15(10-23-11-18)22(28)24-20-8-16-12-26(25-19(16)9-21(20)30-2)17-5-3-14(13-27)4-6-17/h7-12,14,17,27H,3-6,13H2,1-2H3,(H,24,28). The van der Waals surface area contributed by atoms with Gasteiger partial charge < -0.3 is 19.9 Å². The van der Waals surface area contributed by atoms with E-state index >= 15 is 0 Å². The van der Waals surface area contributed by atoms with Gasteiger partial charge in [0.1, 0.15) is 11.5 Å². The van der Waals surface area contributed by atoms with Gasteiger partial charge in [-0.2, -0.15) is 5.10 Å². The van der Waals surface area contributed by atoms with Crippen LogP contribution in [0, 0.1) is 5.92 Å². The summed E-state index contributed by atoms with van der Waals surface area (Å²) in [4.78, 5) is 16.7. The van der Waals surface area contributed by atoms with Crippen molar-refractivity contribution < 1.29 is 19.4 Å². The Labute approximate surface area is 174 Å². The molecule has 4 rings (SSSR count). The van der Waals surface area contributed by atoms with Crippen LogP contribution in [-0.4, -0.2) is 46.6 Å². The van der Waals surface area contributed by atoms with E-state index in [9.17, 15) is 9.90 Å². The average molecular weight is 410 g/mol. The van der Waals surface area contributed by atoms with Crippen LogP contribution < -0.4 is 14.8 Å². The molecule has 2 aromatic heterocycles. The number of amides is 1. The highest BCUT2D eigenvalue weighted by atomic mass is 16.5.